The van der Waals surface area contributed by atoms with Crippen molar-refractivity contribution in [3.05, 3.63) is 290 Å². The van der Waals surface area contributed by atoms with E-state index in [9.17, 15) is 0 Å². The van der Waals surface area contributed by atoms with Gasteiger partial charge >= 0.3 is 0 Å². The topological polar surface area (TPSA) is 19.7 Å². The maximum absolute atomic E-state index is 2.52. The molecule has 4 nitrogen and oxygen atoms in total. The predicted octanol–water partition coefficient (Wildman–Crippen LogP) is 19.1. The molecular weight excluding hydrogens is 945 g/mol. The molecule has 0 fully saturated rings. The number of para-hydroxylation sites is 8. The number of aromatic nitrogens is 4. The van der Waals surface area contributed by atoms with E-state index >= 15 is 0 Å². The predicted molar refractivity (Wildman–Crippen MR) is 327 cm³/mol. The lowest BCUT2D eigenvalue weighted by molar-refractivity contribution is 0.713. The molecule has 16 aromatic rings. The van der Waals surface area contributed by atoms with Crippen LogP contribution in [0.25, 0.3) is 132 Å². The summed E-state index contributed by atoms with van der Waals surface area (Å²) in [5, 5.41) is 10.0. The van der Waals surface area contributed by atoms with E-state index in [1.807, 2.05) is 0 Å². The van der Waals surface area contributed by atoms with Crippen molar-refractivity contribution in [2.45, 2.75) is 12.3 Å². The minimum absolute atomic E-state index is 0.663. The smallest absolute Gasteiger partial charge is 0.0541 e. The summed E-state index contributed by atoms with van der Waals surface area (Å²) in [6, 6.07) is 102. The fraction of sp³-hybridized carbons (Fsp3) is 0.0270. The standard InChI is InChI=1S/C74H48N4/c1-74(63-44-49(76-68-28-12-4-20-57(68)58-21-5-13-29-69(58)76)38-41-52(63)47-34-36-48(37-35-47)75-66-26-10-2-18-55(66)56-19-3-11-27-67(56)75)64-45-50(77-70-30-14-6-22-59(70)60-23-7-15-31-71(60)77)39-42-53(64)54-43-40-51(46-65(54)74)78-72-32-16-8-24-61(72)62-25-9-17-33-73(62)78/h2-46H,1H3. The third-order valence-electron chi connectivity index (χ3n) is 17.4. The molecule has 4 aromatic heterocycles. The van der Waals surface area contributed by atoms with Gasteiger partial charge in [0.05, 0.1) is 44.1 Å². The van der Waals surface area contributed by atoms with Crippen LogP contribution in [0.1, 0.15) is 23.6 Å². The monoisotopic (exact) mass is 992 g/mol. The molecule has 78 heavy (non-hydrogen) atoms. The normalized spacial score (nSPS) is 13.0. The second kappa shape index (κ2) is 16.2. The van der Waals surface area contributed by atoms with Crippen LogP contribution >= 0.6 is 0 Å². The number of rotatable bonds is 6. The molecule has 1 aliphatic rings. The Labute approximate surface area is 450 Å². The SMILES string of the molecule is CC1(c2cc(-n3c4ccccc4c4ccccc43)ccc2-c2ccc(-n3c4ccccc4c4ccccc43)cc2)c2cc(-n3c4ccccc4c4ccccc43)ccc2-c2ccc(-n3c4ccccc4c4ccccc43)cc21. The van der Waals surface area contributed by atoms with Gasteiger partial charge in [-0.15, -0.1) is 0 Å². The van der Waals surface area contributed by atoms with Gasteiger partial charge in [-0.2, -0.15) is 0 Å². The van der Waals surface area contributed by atoms with Crippen molar-refractivity contribution in [3.8, 4) is 45.0 Å². The summed E-state index contributed by atoms with van der Waals surface area (Å²) in [7, 11) is 0. The molecule has 4 heteroatoms. The molecule has 0 amide bonds. The lowest BCUT2D eigenvalue weighted by Crippen LogP contribution is -2.24. The Hall–Kier alpha value is -10.2. The molecule has 0 saturated carbocycles. The van der Waals surface area contributed by atoms with Crippen LogP contribution in [0.15, 0.2) is 273 Å². The summed E-state index contributed by atoms with van der Waals surface area (Å²) in [6.07, 6.45) is 0. The van der Waals surface area contributed by atoms with Crippen molar-refractivity contribution < 1.29 is 0 Å². The number of nitrogens with zero attached hydrogens (tertiary/aromatic N) is 4. The van der Waals surface area contributed by atoms with Gasteiger partial charge in [0.1, 0.15) is 0 Å². The molecule has 17 rings (SSSR count). The van der Waals surface area contributed by atoms with Gasteiger partial charge < -0.3 is 18.3 Å². The van der Waals surface area contributed by atoms with Crippen molar-refractivity contribution >= 4 is 87.2 Å². The van der Waals surface area contributed by atoms with Gasteiger partial charge in [0.2, 0.25) is 0 Å². The first-order valence-corrected chi connectivity index (χ1v) is 27.1. The van der Waals surface area contributed by atoms with Crippen LogP contribution in [0.3, 0.4) is 0 Å². The molecule has 0 radical (unpaired) electrons. The molecule has 0 N–H and O–H groups in total. The van der Waals surface area contributed by atoms with E-state index in [-0.39, 0.29) is 0 Å². The zero-order valence-electron chi connectivity index (χ0n) is 42.8. The van der Waals surface area contributed by atoms with Gasteiger partial charge in [-0.05, 0) is 143 Å². The lowest BCUT2D eigenvalue weighted by atomic mass is 9.71. The summed E-state index contributed by atoms with van der Waals surface area (Å²) in [5.41, 5.74) is 22.1. The highest BCUT2D eigenvalue weighted by Gasteiger charge is 2.43. The average molecular weight is 993 g/mol. The van der Waals surface area contributed by atoms with Crippen LogP contribution in [0.2, 0.25) is 0 Å². The molecule has 364 valence electrons. The van der Waals surface area contributed by atoms with Crippen LogP contribution in [0.4, 0.5) is 0 Å². The van der Waals surface area contributed by atoms with Gasteiger partial charge in [0.15, 0.2) is 0 Å². The molecule has 0 unspecified atom stereocenters. The molecule has 0 saturated heterocycles. The first kappa shape index (κ1) is 43.1. The summed E-state index contributed by atoms with van der Waals surface area (Å²) in [6.45, 7) is 2.50. The van der Waals surface area contributed by atoms with E-state index in [0.717, 1.165) is 28.3 Å². The van der Waals surface area contributed by atoms with E-state index in [2.05, 4.69) is 298 Å². The van der Waals surface area contributed by atoms with E-state index in [1.165, 1.54) is 121 Å². The van der Waals surface area contributed by atoms with Crippen LogP contribution < -0.4 is 0 Å². The lowest BCUT2D eigenvalue weighted by Gasteiger charge is -2.32. The van der Waals surface area contributed by atoms with Crippen LogP contribution in [-0.2, 0) is 5.41 Å². The Balaban J connectivity index is 0.959. The molecule has 0 spiro atoms. The first-order valence-electron chi connectivity index (χ1n) is 27.1. The Kier molecular flexibility index (Phi) is 8.94. The van der Waals surface area contributed by atoms with Crippen LogP contribution in [0.5, 0.6) is 0 Å². The van der Waals surface area contributed by atoms with Crippen molar-refractivity contribution in [3.63, 3.8) is 0 Å². The van der Waals surface area contributed by atoms with Crippen LogP contribution in [0, 0.1) is 0 Å². The zero-order chi connectivity index (χ0) is 51.2. The van der Waals surface area contributed by atoms with Crippen molar-refractivity contribution in [1.29, 1.82) is 0 Å². The zero-order valence-corrected chi connectivity index (χ0v) is 42.8. The van der Waals surface area contributed by atoms with E-state index in [1.54, 1.807) is 0 Å². The highest BCUT2D eigenvalue weighted by atomic mass is 15.0. The van der Waals surface area contributed by atoms with Gasteiger partial charge in [-0.25, -0.2) is 0 Å². The Morgan fingerprint density at radius 2 is 0.436 bits per heavy atom. The molecule has 0 bridgehead atoms. The second-order valence-electron chi connectivity index (χ2n) is 21.3. The molecule has 12 aromatic carbocycles. The van der Waals surface area contributed by atoms with Gasteiger partial charge in [0, 0.05) is 71.3 Å². The van der Waals surface area contributed by atoms with Crippen LogP contribution in [-0.4, -0.2) is 18.3 Å². The summed E-state index contributed by atoms with van der Waals surface area (Å²) in [4.78, 5) is 0. The highest BCUT2D eigenvalue weighted by molar-refractivity contribution is 6.12. The molecular formula is C74H48N4. The first-order chi connectivity index (χ1) is 38.6. The molecule has 1 aliphatic carbocycles. The summed E-state index contributed by atoms with van der Waals surface area (Å²) in [5.74, 6) is 0. The minimum atomic E-state index is -0.663. The van der Waals surface area contributed by atoms with Gasteiger partial charge in [-0.3, -0.25) is 0 Å². The van der Waals surface area contributed by atoms with Crippen molar-refractivity contribution in [2.24, 2.45) is 0 Å². The fourth-order valence-corrected chi connectivity index (χ4v) is 14.0. The third kappa shape index (κ3) is 5.89. The number of benzene rings is 12. The Morgan fingerprint density at radius 1 is 0.218 bits per heavy atom. The largest absolute Gasteiger partial charge is 0.309 e. The second-order valence-corrected chi connectivity index (χ2v) is 21.3. The number of hydrogen-bond acceptors (Lipinski definition) is 0. The Bertz CT molecular complexity index is 4790. The third-order valence-corrected chi connectivity index (χ3v) is 17.4. The van der Waals surface area contributed by atoms with Crippen molar-refractivity contribution in [1.82, 2.24) is 18.3 Å². The van der Waals surface area contributed by atoms with E-state index in [4.69, 9.17) is 0 Å². The maximum atomic E-state index is 2.52. The number of fused-ring (bicyclic) bond motifs is 15. The van der Waals surface area contributed by atoms with Crippen molar-refractivity contribution in [2.75, 3.05) is 0 Å². The fourth-order valence-electron chi connectivity index (χ4n) is 14.0. The van der Waals surface area contributed by atoms with Gasteiger partial charge in [0.25, 0.3) is 0 Å². The molecule has 4 heterocycles. The highest BCUT2D eigenvalue weighted by Crippen LogP contribution is 2.56. The number of hydrogen-bond donors (Lipinski definition) is 0. The quantitative estimate of drug-likeness (QED) is 0.158. The summed E-state index contributed by atoms with van der Waals surface area (Å²) < 4.78 is 9.84. The minimum Gasteiger partial charge on any atom is -0.309 e. The van der Waals surface area contributed by atoms with Gasteiger partial charge in [-0.1, -0.05) is 176 Å². The average Bonchev–Trinajstić information content (AvgIpc) is 4.42. The van der Waals surface area contributed by atoms with E-state index < -0.39 is 5.41 Å². The molecule has 0 atom stereocenters. The summed E-state index contributed by atoms with van der Waals surface area (Å²) >= 11 is 0. The van der Waals surface area contributed by atoms with E-state index in [0.29, 0.717) is 0 Å². The molecule has 0 aliphatic heterocycles. The maximum Gasteiger partial charge on any atom is 0.0541 e. The Morgan fingerprint density at radius 3 is 0.718 bits per heavy atom.